The number of hydrogen-bond acceptors (Lipinski definition) is 4. The van der Waals surface area contributed by atoms with Crippen LogP contribution in [0.3, 0.4) is 0 Å². The zero-order chi connectivity index (χ0) is 14.8. The molecule has 3 aromatic heterocycles. The lowest BCUT2D eigenvalue weighted by Gasteiger charge is -2.14. The van der Waals surface area contributed by atoms with Crippen molar-refractivity contribution in [1.82, 2.24) is 29.7 Å². The fourth-order valence-electron chi connectivity index (χ4n) is 2.30. The summed E-state index contributed by atoms with van der Waals surface area (Å²) in [4.78, 5) is 12.4. The van der Waals surface area contributed by atoms with Crippen LogP contribution in [0, 0.1) is 0 Å². The van der Waals surface area contributed by atoms with E-state index < -0.39 is 0 Å². The average molecular weight is 284 g/mol. The normalized spacial score (nSPS) is 12.5. The number of fused-ring (bicyclic) bond motifs is 1. The predicted octanol–water partition coefficient (Wildman–Crippen LogP) is 1.44. The predicted molar refractivity (Wildman–Crippen MR) is 76.8 cm³/mol. The summed E-state index contributed by atoms with van der Waals surface area (Å²) in [5.74, 6) is 0.543. The fraction of sp³-hybridized carbons (Fsp3) is 0.286. The molecule has 3 aromatic rings. The van der Waals surface area contributed by atoms with Gasteiger partial charge in [-0.2, -0.15) is 5.10 Å². The van der Waals surface area contributed by atoms with Crippen LogP contribution in [0.5, 0.6) is 0 Å². The Balaban J connectivity index is 1.85. The van der Waals surface area contributed by atoms with E-state index in [1.807, 2.05) is 36.6 Å². The van der Waals surface area contributed by atoms with Crippen LogP contribution in [-0.2, 0) is 6.54 Å². The van der Waals surface area contributed by atoms with Gasteiger partial charge in [0.1, 0.15) is 12.0 Å². The van der Waals surface area contributed by atoms with Gasteiger partial charge in [0.25, 0.3) is 5.91 Å². The fourth-order valence-corrected chi connectivity index (χ4v) is 2.30. The van der Waals surface area contributed by atoms with Crippen molar-refractivity contribution in [2.75, 3.05) is 0 Å². The average Bonchev–Trinajstić information content (AvgIpc) is 3.14. The third kappa shape index (κ3) is 2.37. The molecule has 3 heterocycles. The molecule has 0 aliphatic carbocycles. The first kappa shape index (κ1) is 13.3. The van der Waals surface area contributed by atoms with Crippen molar-refractivity contribution in [2.24, 2.45) is 0 Å². The molecule has 0 saturated heterocycles. The van der Waals surface area contributed by atoms with Gasteiger partial charge in [-0.3, -0.25) is 4.79 Å². The van der Waals surface area contributed by atoms with Crippen molar-refractivity contribution in [2.45, 2.75) is 26.4 Å². The van der Waals surface area contributed by atoms with E-state index in [0.29, 0.717) is 5.69 Å². The van der Waals surface area contributed by atoms with Gasteiger partial charge in [0.2, 0.25) is 0 Å². The molecule has 0 spiro atoms. The lowest BCUT2D eigenvalue weighted by atomic mass is 10.2. The topological polar surface area (TPSA) is 77.1 Å². The molecule has 0 radical (unpaired) electrons. The van der Waals surface area contributed by atoms with E-state index in [1.165, 1.54) is 0 Å². The molecule has 0 aliphatic heterocycles. The number of carbonyl (C=O) groups excluding carboxylic acids is 1. The molecule has 7 nitrogen and oxygen atoms in total. The summed E-state index contributed by atoms with van der Waals surface area (Å²) >= 11 is 0. The number of amides is 1. The first-order valence-corrected chi connectivity index (χ1v) is 6.82. The van der Waals surface area contributed by atoms with E-state index >= 15 is 0 Å². The molecule has 0 bridgehead atoms. The zero-order valence-electron chi connectivity index (χ0n) is 11.9. The maximum atomic E-state index is 12.4. The van der Waals surface area contributed by atoms with Crippen molar-refractivity contribution >= 4 is 11.4 Å². The standard InChI is InChI=1S/C14H16N6O/c1-3-19-9-15-18-13(19)10(2)17-14(21)12-6-4-5-11-7-8-16-20(11)12/h4-10H,3H2,1-2H3,(H,17,21). The summed E-state index contributed by atoms with van der Waals surface area (Å²) in [5, 5.41) is 15.0. The van der Waals surface area contributed by atoms with Gasteiger partial charge in [-0.1, -0.05) is 6.07 Å². The minimum atomic E-state index is -0.231. The van der Waals surface area contributed by atoms with Crippen LogP contribution in [0.4, 0.5) is 0 Å². The van der Waals surface area contributed by atoms with Gasteiger partial charge < -0.3 is 9.88 Å². The largest absolute Gasteiger partial charge is 0.341 e. The van der Waals surface area contributed by atoms with Gasteiger partial charge in [0.15, 0.2) is 5.82 Å². The molecule has 21 heavy (non-hydrogen) atoms. The van der Waals surface area contributed by atoms with Gasteiger partial charge in [-0.25, -0.2) is 4.52 Å². The second-order valence-electron chi connectivity index (χ2n) is 4.75. The van der Waals surface area contributed by atoms with Crippen molar-refractivity contribution in [3.05, 3.63) is 48.3 Å². The first-order chi connectivity index (χ1) is 10.2. The number of carbonyl (C=O) groups is 1. The van der Waals surface area contributed by atoms with E-state index in [-0.39, 0.29) is 11.9 Å². The van der Waals surface area contributed by atoms with Crippen molar-refractivity contribution < 1.29 is 4.79 Å². The first-order valence-electron chi connectivity index (χ1n) is 6.82. The Bertz CT molecular complexity index is 774. The molecule has 1 N–H and O–H groups in total. The number of nitrogens with zero attached hydrogens (tertiary/aromatic N) is 5. The van der Waals surface area contributed by atoms with Gasteiger partial charge in [-0.15, -0.1) is 10.2 Å². The van der Waals surface area contributed by atoms with E-state index in [1.54, 1.807) is 23.1 Å². The molecule has 108 valence electrons. The van der Waals surface area contributed by atoms with Crippen LogP contribution in [0.2, 0.25) is 0 Å². The highest BCUT2D eigenvalue weighted by Crippen LogP contribution is 2.11. The van der Waals surface area contributed by atoms with E-state index in [9.17, 15) is 4.79 Å². The van der Waals surface area contributed by atoms with Gasteiger partial charge in [0.05, 0.1) is 17.8 Å². The molecule has 0 saturated carbocycles. The van der Waals surface area contributed by atoms with Crippen LogP contribution in [0.15, 0.2) is 36.8 Å². The quantitative estimate of drug-likeness (QED) is 0.786. The van der Waals surface area contributed by atoms with Gasteiger partial charge in [0, 0.05) is 6.54 Å². The Morgan fingerprint density at radius 1 is 1.38 bits per heavy atom. The van der Waals surface area contributed by atoms with Crippen LogP contribution in [0.25, 0.3) is 5.52 Å². The summed E-state index contributed by atoms with van der Waals surface area (Å²) in [6.07, 6.45) is 3.33. The smallest absolute Gasteiger partial charge is 0.270 e. The second-order valence-corrected chi connectivity index (χ2v) is 4.75. The number of nitrogens with one attached hydrogen (secondary N) is 1. The molecular formula is C14H16N6O. The number of rotatable bonds is 4. The molecule has 1 amide bonds. The molecule has 1 unspecified atom stereocenters. The van der Waals surface area contributed by atoms with E-state index in [2.05, 4.69) is 20.6 Å². The van der Waals surface area contributed by atoms with E-state index in [0.717, 1.165) is 17.9 Å². The molecule has 0 aliphatic rings. The highest BCUT2D eigenvalue weighted by molar-refractivity contribution is 5.93. The highest BCUT2D eigenvalue weighted by Gasteiger charge is 2.17. The van der Waals surface area contributed by atoms with E-state index in [4.69, 9.17) is 0 Å². The van der Waals surface area contributed by atoms with Gasteiger partial charge >= 0.3 is 0 Å². The lowest BCUT2D eigenvalue weighted by Crippen LogP contribution is -2.30. The Hall–Kier alpha value is -2.70. The van der Waals surface area contributed by atoms with Crippen LogP contribution in [-0.4, -0.2) is 30.3 Å². The lowest BCUT2D eigenvalue weighted by molar-refractivity contribution is 0.0930. The molecule has 1 atom stereocenters. The molecule has 7 heteroatoms. The Labute approximate surface area is 121 Å². The Morgan fingerprint density at radius 3 is 3.05 bits per heavy atom. The Morgan fingerprint density at radius 2 is 2.24 bits per heavy atom. The van der Waals surface area contributed by atoms with Crippen LogP contribution >= 0.6 is 0 Å². The number of aryl methyl sites for hydroxylation is 1. The SMILES string of the molecule is CCn1cnnc1C(C)NC(=O)c1cccc2ccnn12. The minimum Gasteiger partial charge on any atom is -0.341 e. The maximum absolute atomic E-state index is 12.4. The summed E-state index contributed by atoms with van der Waals surface area (Å²) in [7, 11) is 0. The third-order valence-electron chi connectivity index (χ3n) is 3.37. The summed E-state index contributed by atoms with van der Waals surface area (Å²) in [5.41, 5.74) is 1.37. The molecule has 0 aromatic carbocycles. The number of hydrogen-bond donors (Lipinski definition) is 1. The van der Waals surface area contributed by atoms with Crippen molar-refractivity contribution in [1.29, 1.82) is 0 Å². The highest BCUT2D eigenvalue weighted by atomic mass is 16.2. The molecular weight excluding hydrogens is 268 g/mol. The summed E-state index contributed by atoms with van der Waals surface area (Å²) in [6.45, 7) is 4.65. The molecule has 3 rings (SSSR count). The minimum absolute atomic E-state index is 0.192. The van der Waals surface area contributed by atoms with Crippen molar-refractivity contribution in [3.63, 3.8) is 0 Å². The maximum Gasteiger partial charge on any atom is 0.270 e. The summed E-state index contributed by atoms with van der Waals surface area (Å²) in [6, 6.07) is 7.11. The molecule has 0 fully saturated rings. The number of aromatic nitrogens is 5. The second kappa shape index (κ2) is 5.35. The van der Waals surface area contributed by atoms with Crippen LogP contribution in [0.1, 0.15) is 36.2 Å². The van der Waals surface area contributed by atoms with Crippen molar-refractivity contribution in [3.8, 4) is 0 Å². The van der Waals surface area contributed by atoms with Gasteiger partial charge in [-0.05, 0) is 32.0 Å². The zero-order valence-corrected chi connectivity index (χ0v) is 11.9. The summed E-state index contributed by atoms with van der Waals surface area (Å²) < 4.78 is 3.52. The third-order valence-corrected chi connectivity index (χ3v) is 3.37. The van der Waals surface area contributed by atoms with Crippen LogP contribution < -0.4 is 5.32 Å². The number of pyridine rings is 1. The monoisotopic (exact) mass is 284 g/mol. The Kier molecular flexibility index (Phi) is 3.39.